The molecule has 1 aromatic carbocycles. The van der Waals surface area contributed by atoms with Gasteiger partial charge in [0.2, 0.25) is 0 Å². The van der Waals surface area contributed by atoms with Gasteiger partial charge in [-0.3, -0.25) is 0 Å². The topological polar surface area (TPSA) is 50.4 Å². The van der Waals surface area contributed by atoms with Crippen molar-refractivity contribution in [3.05, 3.63) is 34.9 Å². The first-order chi connectivity index (χ1) is 12.1. The number of hydrogen-bond donors (Lipinski definition) is 2. The summed E-state index contributed by atoms with van der Waals surface area (Å²) in [6.07, 6.45) is 7.36. The monoisotopic (exact) mass is 362 g/mol. The molecule has 4 bridgehead atoms. The lowest BCUT2D eigenvalue weighted by Crippen LogP contribution is -2.61. The SMILES string of the molecule is CO[C@H](CNC(=O)NC12CC3CC(CC(C3)C1)C2)c1ccccc1Cl. The second-order valence-electron chi connectivity index (χ2n) is 8.28. The van der Waals surface area contributed by atoms with Gasteiger partial charge in [-0.2, -0.15) is 0 Å². The van der Waals surface area contributed by atoms with Crippen LogP contribution in [0.2, 0.25) is 5.02 Å². The number of urea groups is 1. The molecule has 4 nitrogen and oxygen atoms in total. The van der Waals surface area contributed by atoms with Crippen LogP contribution < -0.4 is 10.6 Å². The molecule has 0 heterocycles. The summed E-state index contributed by atoms with van der Waals surface area (Å²) in [7, 11) is 1.65. The van der Waals surface area contributed by atoms with Crippen molar-refractivity contribution < 1.29 is 9.53 Å². The van der Waals surface area contributed by atoms with Crippen molar-refractivity contribution in [3.63, 3.8) is 0 Å². The molecule has 1 atom stereocenters. The van der Waals surface area contributed by atoms with Crippen LogP contribution in [0.3, 0.4) is 0 Å². The molecule has 5 rings (SSSR count). The van der Waals surface area contributed by atoms with Gasteiger partial charge >= 0.3 is 6.03 Å². The lowest BCUT2D eigenvalue weighted by atomic mass is 9.53. The summed E-state index contributed by atoms with van der Waals surface area (Å²) < 4.78 is 5.53. The van der Waals surface area contributed by atoms with Crippen LogP contribution in [0.15, 0.2) is 24.3 Å². The standard InChI is InChI=1S/C20H27ClN2O2/c1-25-18(16-4-2-3-5-17(16)21)12-22-19(24)23-20-9-13-6-14(10-20)8-15(7-13)11-20/h2-5,13-15,18H,6-12H2,1H3,(H2,22,23,24)/t13?,14?,15?,18-,20?/m1/s1. The average Bonchev–Trinajstić information content (AvgIpc) is 2.55. The van der Waals surface area contributed by atoms with Crippen molar-refractivity contribution >= 4 is 17.6 Å². The molecule has 2 amide bonds. The van der Waals surface area contributed by atoms with Gasteiger partial charge < -0.3 is 15.4 Å². The van der Waals surface area contributed by atoms with Crippen LogP contribution in [0.4, 0.5) is 4.79 Å². The minimum atomic E-state index is -0.240. The third-order valence-electron chi connectivity index (χ3n) is 6.40. The smallest absolute Gasteiger partial charge is 0.315 e. The minimum Gasteiger partial charge on any atom is -0.375 e. The average molecular weight is 363 g/mol. The molecule has 4 aliphatic rings. The third-order valence-corrected chi connectivity index (χ3v) is 6.75. The summed E-state index contributed by atoms with van der Waals surface area (Å²) >= 11 is 6.25. The fourth-order valence-electron chi connectivity index (χ4n) is 5.79. The molecule has 0 aromatic heterocycles. The molecule has 0 unspecified atom stereocenters. The zero-order valence-corrected chi connectivity index (χ0v) is 15.5. The zero-order valence-electron chi connectivity index (χ0n) is 14.8. The molecule has 4 aliphatic carbocycles. The number of methoxy groups -OCH3 is 1. The van der Waals surface area contributed by atoms with Crippen LogP contribution in [-0.2, 0) is 4.74 Å². The highest BCUT2D eigenvalue weighted by Gasteiger charge is 2.51. The van der Waals surface area contributed by atoms with E-state index in [1.807, 2.05) is 24.3 Å². The van der Waals surface area contributed by atoms with Gasteiger partial charge in [0.05, 0.1) is 0 Å². The van der Waals surface area contributed by atoms with Gasteiger partial charge in [0.25, 0.3) is 0 Å². The maximum atomic E-state index is 12.6. The molecular formula is C20H27ClN2O2. The number of amides is 2. The van der Waals surface area contributed by atoms with E-state index >= 15 is 0 Å². The molecular weight excluding hydrogens is 336 g/mol. The van der Waals surface area contributed by atoms with Gasteiger partial charge in [-0.1, -0.05) is 29.8 Å². The molecule has 0 saturated heterocycles. The fraction of sp³-hybridized carbons (Fsp3) is 0.650. The first-order valence-electron chi connectivity index (χ1n) is 9.40. The molecule has 5 heteroatoms. The summed E-state index contributed by atoms with van der Waals surface area (Å²) in [6.45, 7) is 0.415. The van der Waals surface area contributed by atoms with E-state index in [-0.39, 0.29) is 17.7 Å². The second-order valence-corrected chi connectivity index (χ2v) is 8.69. The van der Waals surface area contributed by atoms with Crippen LogP contribution in [0.1, 0.15) is 50.2 Å². The van der Waals surface area contributed by atoms with Crippen molar-refractivity contribution in [2.45, 2.75) is 50.2 Å². The van der Waals surface area contributed by atoms with Crippen molar-refractivity contribution in [2.24, 2.45) is 17.8 Å². The number of hydrogen-bond acceptors (Lipinski definition) is 2. The summed E-state index contributed by atoms with van der Waals surface area (Å²) in [5, 5.41) is 7.00. The fourth-order valence-corrected chi connectivity index (χ4v) is 6.05. The summed E-state index contributed by atoms with van der Waals surface area (Å²) in [5.74, 6) is 2.46. The van der Waals surface area contributed by atoms with Gasteiger partial charge in [0.1, 0.15) is 6.10 Å². The molecule has 0 radical (unpaired) electrons. The van der Waals surface area contributed by atoms with Gasteiger partial charge in [-0.15, -0.1) is 0 Å². The van der Waals surface area contributed by atoms with Gasteiger partial charge in [-0.25, -0.2) is 4.79 Å². The van der Waals surface area contributed by atoms with E-state index in [0.717, 1.165) is 42.6 Å². The highest BCUT2D eigenvalue weighted by molar-refractivity contribution is 6.31. The largest absolute Gasteiger partial charge is 0.375 e. The Morgan fingerprint density at radius 1 is 1.20 bits per heavy atom. The predicted octanol–water partition coefficient (Wildman–Crippen LogP) is 4.30. The molecule has 0 spiro atoms. The van der Waals surface area contributed by atoms with Crippen molar-refractivity contribution in [2.75, 3.05) is 13.7 Å². The Hall–Kier alpha value is -1.26. The zero-order chi connectivity index (χ0) is 17.4. The van der Waals surface area contributed by atoms with Crippen LogP contribution in [-0.4, -0.2) is 25.2 Å². The first kappa shape index (κ1) is 17.2. The molecule has 1 aromatic rings. The summed E-state index contributed by atoms with van der Waals surface area (Å²) in [6, 6.07) is 7.54. The highest BCUT2D eigenvalue weighted by Crippen LogP contribution is 2.55. The molecule has 2 N–H and O–H groups in total. The van der Waals surface area contributed by atoms with Gasteiger partial charge in [0.15, 0.2) is 0 Å². The van der Waals surface area contributed by atoms with Crippen LogP contribution in [0.5, 0.6) is 0 Å². The maximum Gasteiger partial charge on any atom is 0.315 e. The number of carbonyl (C=O) groups is 1. The third kappa shape index (κ3) is 3.52. The Balaban J connectivity index is 1.35. The number of benzene rings is 1. The maximum absolute atomic E-state index is 12.6. The molecule has 4 saturated carbocycles. The Bertz CT molecular complexity index is 613. The Kier molecular flexibility index (Phi) is 4.67. The van der Waals surface area contributed by atoms with E-state index in [4.69, 9.17) is 16.3 Å². The first-order valence-corrected chi connectivity index (χ1v) is 9.78. The van der Waals surface area contributed by atoms with Gasteiger partial charge in [-0.05, 0) is 62.3 Å². The van der Waals surface area contributed by atoms with Crippen LogP contribution in [0.25, 0.3) is 0 Å². The lowest BCUT2D eigenvalue weighted by molar-refractivity contribution is -0.0137. The van der Waals surface area contributed by atoms with Gasteiger partial charge in [0, 0.05) is 29.8 Å². The summed E-state index contributed by atoms with van der Waals surface area (Å²) in [5.41, 5.74) is 0.938. The molecule has 25 heavy (non-hydrogen) atoms. The van der Waals surface area contributed by atoms with E-state index in [2.05, 4.69) is 10.6 Å². The number of halogens is 1. The van der Waals surface area contributed by atoms with E-state index < -0.39 is 0 Å². The number of ether oxygens (including phenoxy) is 1. The molecule has 136 valence electrons. The summed E-state index contributed by atoms with van der Waals surface area (Å²) in [4.78, 5) is 12.6. The van der Waals surface area contributed by atoms with E-state index in [1.165, 1.54) is 19.3 Å². The highest BCUT2D eigenvalue weighted by atomic mass is 35.5. The molecule has 4 fully saturated rings. The Morgan fingerprint density at radius 3 is 2.36 bits per heavy atom. The van der Waals surface area contributed by atoms with Crippen molar-refractivity contribution in [1.29, 1.82) is 0 Å². The Labute approximate surface area is 154 Å². The predicted molar refractivity (Wildman–Crippen MR) is 98.6 cm³/mol. The van der Waals surface area contributed by atoms with Crippen molar-refractivity contribution in [1.82, 2.24) is 10.6 Å². The minimum absolute atomic E-state index is 0.0335. The second kappa shape index (κ2) is 6.81. The van der Waals surface area contributed by atoms with E-state index in [9.17, 15) is 4.79 Å². The number of carbonyl (C=O) groups excluding carboxylic acids is 1. The number of rotatable bonds is 5. The van der Waals surface area contributed by atoms with E-state index in [0.29, 0.717) is 11.6 Å². The van der Waals surface area contributed by atoms with Crippen molar-refractivity contribution in [3.8, 4) is 0 Å². The van der Waals surface area contributed by atoms with Crippen LogP contribution >= 0.6 is 11.6 Å². The normalized spacial score (nSPS) is 33.9. The van der Waals surface area contributed by atoms with E-state index in [1.54, 1.807) is 7.11 Å². The molecule has 0 aliphatic heterocycles. The Morgan fingerprint density at radius 2 is 1.80 bits per heavy atom. The quantitative estimate of drug-likeness (QED) is 0.820. The van der Waals surface area contributed by atoms with Crippen LogP contribution in [0, 0.1) is 17.8 Å². The lowest BCUT2D eigenvalue weighted by Gasteiger charge is -2.56. The number of nitrogens with one attached hydrogen (secondary N) is 2.